The second kappa shape index (κ2) is 14.0. The van der Waals surface area contributed by atoms with E-state index in [2.05, 4.69) is 10.2 Å². The number of nitrogens with two attached hydrogens (primary N) is 1. The van der Waals surface area contributed by atoms with Crippen LogP contribution in [-0.4, -0.2) is 22.4 Å². The number of halogens is 6. The summed E-state index contributed by atoms with van der Waals surface area (Å²) in [5.41, 5.74) is 3.76. The van der Waals surface area contributed by atoms with Gasteiger partial charge in [0, 0.05) is 5.56 Å². The summed E-state index contributed by atoms with van der Waals surface area (Å²) in [6.07, 6.45) is -6.36. The normalized spacial score (nSPS) is 11.7. The number of hydrogen-bond donors (Lipinski definition) is 1. The van der Waals surface area contributed by atoms with E-state index in [9.17, 15) is 26.3 Å². The van der Waals surface area contributed by atoms with Crippen LogP contribution in [0.2, 0.25) is 0 Å². The van der Waals surface area contributed by atoms with Crippen LogP contribution in [0.25, 0.3) is 0 Å². The fraction of sp³-hybridized carbons (Fsp3) is 0.318. The van der Waals surface area contributed by atoms with Crippen LogP contribution in [0.15, 0.2) is 58.2 Å². The largest absolute Gasteiger partial charge is 0.468 e. The zero-order valence-electron chi connectivity index (χ0n) is 18.4. The van der Waals surface area contributed by atoms with E-state index >= 15 is 0 Å². The molecule has 0 saturated carbocycles. The number of furan rings is 1. The van der Waals surface area contributed by atoms with E-state index in [1.807, 2.05) is 13.8 Å². The molecule has 3 aromatic rings. The van der Waals surface area contributed by atoms with E-state index in [0.29, 0.717) is 24.0 Å². The molecule has 1 aromatic carbocycles. The molecule has 2 heterocycles. The highest BCUT2D eigenvalue weighted by Gasteiger charge is 2.33. The molecule has 1 atom stereocenters. The predicted molar refractivity (Wildman–Crippen MR) is 124 cm³/mol. The number of rotatable bonds is 7. The summed E-state index contributed by atoms with van der Waals surface area (Å²) >= 11 is 6.32. The van der Waals surface area contributed by atoms with Gasteiger partial charge in [-0.1, -0.05) is 37.8 Å². The smallest absolute Gasteiger partial charge is 0.416 e. The summed E-state index contributed by atoms with van der Waals surface area (Å²) in [7, 11) is 0.500. The van der Waals surface area contributed by atoms with E-state index in [1.54, 1.807) is 24.5 Å². The molecular formula is C22H23F6N3OS2. The van der Waals surface area contributed by atoms with Gasteiger partial charge in [0.15, 0.2) is 0 Å². The van der Waals surface area contributed by atoms with Crippen molar-refractivity contribution in [3.8, 4) is 0 Å². The van der Waals surface area contributed by atoms with Crippen molar-refractivity contribution in [1.29, 1.82) is 0 Å². The Labute approximate surface area is 202 Å². The number of hydrogen-bond acceptors (Lipinski definition) is 5. The van der Waals surface area contributed by atoms with Gasteiger partial charge in [-0.15, -0.1) is 5.10 Å². The molecule has 0 aliphatic carbocycles. The molecule has 0 bridgehead atoms. The summed E-state index contributed by atoms with van der Waals surface area (Å²) < 4.78 is 80.6. The van der Waals surface area contributed by atoms with Crippen LogP contribution in [0.5, 0.6) is 0 Å². The number of thiocarbonyl (C=S) groups is 1. The van der Waals surface area contributed by atoms with Crippen molar-refractivity contribution in [2.45, 2.75) is 43.1 Å². The molecular weight excluding hydrogens is 500 g/mol. The summed E-state index contributed by atoms with van der Waals surface area (Å²) in [4.78, 5) is -0.208. The maximum absolute atomic E-state index is 13.2. The number of alkyl halides is 6. The van der Waals surface area contributed by atoms with Crippen molar-refractivity contribution in [2.75, 3.05) is 7.18 Å². The van der Waals surface area contributed by atoms with Gasteiger partial charge in [-0.25, -0.2) is 8.78 Å². The van der Waals surface area contributed by atoms with Crippen molar-refractivity contribution < 1.29 is 30.8 Å². The molecule has 0 amide bonds. The van der Waals surface area contributed by atoms with Gasteiger partial charge in [-0.05, 0) is 48.0 Å². The third-order valence-electron chi connectivity index (χ3n) is 4.07. The SMILES string of the molecule is CC.CF.NC(=S)C(c1cc(C(F)F)cc(C(F)(F)F)c1)c1ccc(SCc2ccco2)nn1. The molecule has 2 aromatic heterocycles. The molecule has 34 heavy (non-hydrogen) atoms. The minimum atomic E-state index is -4.81. The van der Waals surface area contributed by atoms with Gasteiger partial charge >= 0.3 is 6.18 Å². The monoisotopic (exact) mass is 523 g/mol. The quantitative estimate of drug-likeness (QED) is 0.198. The topological polar surface area (TPSA) is 64.9 Å². The molecule has 0 fully saturated rings. The molecule has 1 unspecified atom stereocenters. The first-order valence-corrected chi connectivity index (χ1v) is 11.2. The van der Waals surface area contributed by atoms with Crippen molar-refractivity contribution in [1.82, 2.24) is 10.2 Å². The summed E-state index contributed by atoms with van der Waals surface area (Å²) in [6, 6.07) is 8.76. The molecule has 3 rings (SSSR count). The van der Waals surface area contributed by atoms with Crippen molar-refractivity contribution in [3.05, 3.63) is 76.9 Å². The van der Waals surface area contributed by atoms with Gasteiger partial charge in [-0.2, -0.15) is 18.3 Å². The lowest BCUT2D eigenvalue weighted by atomic mass is 9.92. The second-order valence-corrected chi connectivity index (χ2v) is 7.65. The second-order valence-electron chi connectivity index (χ2n) is 6.19. The molecule has 0 radical (unpaired) electrons. The number of aromatic nitrogens is 2. The highest BCUT2D eigenvalue weighted by molar-refractivity contribution is 7.98. The van der Waals surface area contributed by atoms with Crippen molar-refractivity contribution in [2.24, 2.45) is 5.73 Å². The Morgan fingerprint density at radius 3 is 2.18 bits per heavy atom. The van der Waals surface area contributed by atoms with Gasteiger partial charge in [0.25, 0.3) is 6.43 Å². The molecule has 0 aliphatic rings. The van der Waals surface area contributed by atoms with Gasteiger partial charge in [-0.3, -0.25) is 4.39 Å². The predicted octanol–water partition coefficient (Wildman–Crippen LogP) is 7.35. The molecule has 0 saturated heterocycles. The maximum Gasteiger partial charge on any atom is 0.416 e. The van der Waals surface area contributed by atoms with E-state index in [-0.39, 0.29) is 16.2 Å². The van der Waals surface area contributed by atoms with E-state index in [4.69, 9.17) is 22.4 Å². The summed E-state index contributed by atoms with van der Waals surface area (Å²) in [5.74, 6) is 0.136. The first-order valence-electron chi connectivity index (χ1n) is 9.81. The van der Waals surface area contributed by atoms with E-state index in [0.717, 1.165) is 17.9 Å². The molecule has 186 valence electrons. The van der Waals surface area contributed by atoms with Crippen molar-refractivity contribution >= 4 is 29.0 Å². The first-order chi connectivity index (χ1) is 16.1. The zero-order chi connectivity index (χ0) is 25.9. The van der Waals surface area contributed by atoms with Crippen LogP contribution in [-0.2, 0) is 11.9 Å². The lowest BCUT2D eigenvalue weighted by molar-refractivity contribution is -0.137. The first kappa shape index (κ1) is 29.4. The summed E-state index contributed by atoms with van der Waals surface area (Å²) in [6.45, 7) is 4.00. The third-order valence-corrected chi connectivity index (χ3v) is 5.25. The Morgan fingerprint density at radius 2 is 1.71 bits per heavy atom. The standard InChI is InChI=1S/C19H14F5N3OS2.C2H6.CH3F/c20-17(21)11-6-10(7-12(8-11)19(22,23)24)16(18(25)29)14-3-4-15(27-26-14)30-9-13-2-1-5-28-13;2*1-2/h1-8,16-17H,9H2,(H2,25,29);1-2H3;1H3. The van der Waals surface area contributed by atoms with Crippen LogP contribution < -0.4 is 5.73 Å². The molecule has 2 N–H and O–H groups in total. The number of nitrogens with zero attached hydrogens (tertiary/aromatic N) is 2. The highest BCUT2D eigenvalue weighted by atomic mass is 32.2. The van der Waals surface area contributed by atoms with Crippen LogP contribution in [0.3, 0.4) is 0 Å². The Balaban J connectivity index is 0.00000137. The fourth-order valence-electron chi connectivity index (χ4n) is 2.71. The average molecular weight is 524 g/mol. The zero-order valence-corrected chi connectivity index (χ0v) is 20.1. The lowest BCUT2D eigenvalue weighted by Gasteiger charge is -2.18. The molecule has 12 heteroatoms. The molecule has 4 nitrogen and oxygen atoms in total. The maximum atomic E-state index is 13.2. The Hall–Kier alpha value is -2.60. The fourth-order valence-corrected chi connectivity index (χ4v) is 3.69. The van der Waals surface area contributed by atoms with Crippen LogP contribution in [0.4, 0.5) is 26.3 Å². The summed E-state index contributed by atoms with van der Waals surface area (Å²) in [5, 5.41) is 8.56. The van der Waals surface area contributed by atoms with Crippen LogP contribution in [0, 0.1) is 0 Å². The van der Waals surface area contributed by atoms with Crippen LogP contribution >= 0.6 is 24.0 Å². The van der Waals surface area contributed by atoms with Crippen LogP contribution in [0.1, 0.15) is 54.3 Å². The number of benzene rings is 1. The number of thioether (sulfide) groups is 1. The van der Waals surface area contributed by atoms with Gasteiger partial charge < -0.3 is 10.2 Å². The third kappa shape index (κ3) is 8.32. The minimum absolute atomic E-state index is 0.127. The van der Waals surface area contributed by atoms with Gasteiger partial charge in [0.1, 0.15) is 10.8 Å². The Morgan fingerprint density at radius 1 is 1.06 bits per heavy atom. The van der Waals surface area contributed by atoms with Crippen molar-refractivity contribution in [3.63, 3.8) is 0 Å². The lowest BCUT2D eigenvalue weighted by Crippen LogP contribution is -2.22. The molecule has 0 spiro atoms. The van der Waals surface area contributed by atoms with Gasteiger partial charge in [0.05, 0.1) is 41.4 Å². The average Bonchev–Trinajstić information content (AvgIpc) is 3.34. The Kier molecular flexibility index (Phi) is 12.1. The highest BCUT2D eigenvalue weighted by Crippen LogP contribution is 2.36. The van der Waals surface area contributed by atoms with Gasteiger partial charge in [0.2, 0.25) is 0 Å². The minimum Gasteiger partial charge on any atom is -0.468 e. The molecule has 0 aliphatic heterocycles. The van der Waals surface area contributed by atoms with E-state index < -0.39 is 29.6 Å². The van der Waals surface area contributed by atoms with E-state index in [1.165, 1.54) is 17.8 Å². The Bertz CT molecular complexity index is 1010.